The number of rotatable bonds is 7. The van der Waals surface area contributed by atoms with Gasteiger partial charge in [-0.15, -0.1) is 0 Å². The molecule has 46 heavy (non-hydrogen) atoms. The minimum absolute atomic E-state index is 0.0231. The molecule has 12 heteroatoms. The number of aromatic nitrogens is 1. The number of nitrogens with one attached hydrogen (secondary N) is 1. The van der Waals surface area contributed by atoms with E-state index in [1.54, 1.807) is 41.4 Å². The summed E-state index contributed by atoms with van der Waals surface area (Å²) in [5, 5.41) is 0.854. The summed E-state index contributed by atoms with van der Waals surface area (Å²) in [6.45, 7) is 3.07. The average Bonchev–Trinajstić information content (AvgIpc) is 3.04. The highest BCUT2D eigenvalue weighted by molar-refractivity contribution is 7.92. The third-order valence-electron chi connectivity index (χ3n) is 8.08. The molecule has 3 N–H and O–H groups in total. The van der Waals surface area contributed by atoms with E-state index in [9.17, 15) is 26.4 Å². The molecular formula is C34H30F3N5O3S. The van der Waals surface area contributed by atoms with Crippen molar-refractivity contribution in [1.82, 2.24) is 14.8 Å². The lowest BCUT2D eigenvalue weighted by atomic mass is 10.0. The number of halogens is 3. The molecule has 8 nitrogen and oxygen atoms in total. The Morgan fingerprint density at radius 3 is 2.46 bits per heavy atom. The Hall–Kier alpha value is -4.94. The van der Waals surface area contributed by atoms with Crippen molar-refractivity contribution in [2.24, 2.45) is 0 Å². The van der Waals surface area contributed by atoms with Gasteiger partial charge in [0.2, 0.25) is 0 Å². The van der Waals surface area contributed by atoms with Gasteiger partial charge >= 0.3 is 0 Å². The highest BCUT2D eigenvalue weighted by atomic mass is 32.2. The number of piperazine rings is 1. The van der Waals surface area contributed by atoms with Gasteiger partial charge in [0.25, 0.3) is 15.9 Å². The Bertz CT molecular complexity index is 2050. The molecular weight excluding hydrogens is 615 g/mol. The van der Waals surface area contributed by atoms with E-state index < -0.39 is 27.5 Å². The van der Waals surface area contributed by atoms with Crippen molar-refractivity contribution in [1.29, 1.82) is 0 Å². The fourth-order valence-electron chi connectivity index (χ4n) is 5.78. The monoisotopic (exact) mass is 645 g/mol. The number of benzene rings is 4. The first kappa shape index (κ1) is 31.1. The zero-order valence-electron chi connectivity index (χ0n) is 24.8. The van der Waals surface area contributed by atoms with Gasteiger partial charge in [0.05, 0.1) is 10.4 Å². The summed E-state index contributed by atoms with van der Waals surface area (Å²) in [5.74, 6) is -4.19. The minimum Gasteiger partial charge on any atom is -0.399 e. The second kappa shape index (κ2) is 12.5. The maximum absolute atomic E-state index is 14.2. The Balaban J connectivity index is 1.16. The van der Waals surface area contributed by atoms with Crippen LogP contribution in [-0.2, 0) is 16.6 Å². The maximum Gasteiger partial charge on any atom is 0.262 e. The largest absolute Gasteiger partial charge is 0.399 e. The molecule has 1 atom stereocenters. The van der Waals surface area contributed by atoms with Crippen molar-refractivity contribution in [3.8, 4) is 11.1 Å². The third-order valence-corrected chi connectivity index (χ3v) is 9.52. The number of nitrogens with zero attached hydrogens (tertiary/aromatic N) is 3. The summed E-state index contributed by atoms with van der Waals surface area (Å²) >= 11 is 0. The van der Waals surface area contributed by atoms with Gasteiger partial charge in [-0.3, -0.25) is 19.4 Å². The van der Waals surface area contributed by atoms with Gasteiger partial charge < -0.3 is 10.6 Å². The fraction of sp³-hybridized carbons (Fsp3) is 0.176. The lowest BCUT2D eigenvalue weighted by Gasteiger charge is -2.40. The van der Waals surface area contributed by atoms with Gasteiger partial charge in [0, 0.05) is 77.4 Å². The van der Waals surface area contributed by atoms with E-state index in [2.05, 4.69) is 9.71 Å². The molecule has 0 radical (unpaired) electrons. The first-order valence-electron chi connectivity index (χ1n) is 14.5. The van der Waals surface area contributed by atoms with Crippen LogP contribution in [0.2, 0.25) is 0 Å². The Labute approximate surface area is 264 Å². The number of pyridine rings is 1. The maximum atomic E-state index is 14.2. The molecule has 1 aromatic heterocycles. The second-order valence-electron chi connectivity index (χ2n) is 11.2. The molecule has 0 aliphatic carbocycles. The van der Waals surface area contributed by atoms with E-state index in [1.807, 2.05) is 30.0 Å². The SMILES string of the molecule is C[C@H]1CN(Cc2ccc(F)c(F)c2F)CCN1C(=O)c1ccc(NS(=O)(=O)c2ccc(N)cc2-c2cccc3cccnc23)cc1. The molecule has 0 saturated carbocycles. The van der Waals surface area contributed by atoms with Crippen molar-refractivity contribution in [3.05, 3.63) is 120 Å². The van der Waals surface area contributed by atoms with Crippen molar-refractivity contribution in [2.45, 2.75) is 24.4 Å². The molecule has 6 rings (SSSR count). The quantitative estimate of drug-likeness (QED) is 0.165. The topological polar surface area (TPSA) is 109 Å². The van der Waals surface area contributed by atoms with Crippen LogP contribution in [0, 0.1) is 17.5 Å². The number of para-hydroxylation sites is 1. The molecule has 5 aromatic rings. The number of nitrogens with two attached hydrogens (primary N) is 1. The van der Waals surface area contributed by atoms with Crippen LogP contribution >= 0.6 is 0 Å². The number of anilines is 2. The van der Waals surface area contributed by atoms with Gasteiger partial charge in [0.15, 0.2) is 17.5 Å². The van der Waals surface area contributed by atoms with Crippen LogP contribution in [0.3, 0.4) is 0 Å². The molecule has 0 spiro atoms. The smallest absolute Gasteiger partial charge is 0.262 e. The van der Waals surface area contributed by atoms with Gasteiger partial charge in [-0.25, -0.2) is 21.6 Å². The molecule has 4 aromatic carbocycles. The van der Waals surface area contributed by atoms with E-state index in [1.165, 1.54) is 30.3 Å². The molecule has 236 valence electrons. The summed E-state index contributed by atoms with van der Waals surface area (Å²) in [4.78, 5) is 21.4. The molecule has 0 unspecified atom stereocenters. The van der Waals surface area contributed by atoms with Crippen LogP contribution in [0.1, 0.15) is 22.8 Å². The van der Waals surface area contributed by atoms with E-state index >= 15 is 0 Å². The van der Waals surface area contributed by atoms with E-state index in [0.717, 1.165) is 11.5 Å². The van der Waals surface area contributed by atoms with Crippen LogP contribution in [0.4, 0.5) is 24.5 Å². The minimum atomic E-state index is -4.09. The molecule has 1 saturated heterocycles. The highest BCUT2D eigenvalue weighted by Gasteiger charge is 2.29. The normalized spacial score (nSPS) is 15.7. The zero-order chi connectivity index (χ0) is 32.6. The summed E-state index contributed by atoms with van der Waals surface area (Å²) in [6.07, 6.45) is 1.64. The molecule has 1 fully saturated rings. The number of fused-ring (bicyclic) bond motifs is 1. The van der Waals surface area contributed by atoms with Crippen LogP contribution in [0.25, 0.3) is 22.0 Å². The molecule has 1 aliphatic rings. The van der Waals surface area contributed by atoms with Gasteiger partial charge in [-0.1, -0.05) is 30.3 Å². The van der Waals surface area contributed by atoms with Crippen LogP contribution < -0.4 is 10.5 Å². The first-order valence-corrected chi connectivity index (χ1v) is 16.0. The molecule has 2 heterocycles. The summed E-state index contributed by atoms with van der Waals surface area (Å²) in [6, 6.07) is 21.8. The summed E-state index contributed by atoms with van der Waals surface area (Å²) < 4.78 is 71.1. The number of hydrogen-bond acceptors (Lipinski definition) is 6. The first-order chi connectivity index (χ1) is 22.0. The van der Waals surface area contributed by atoms with Crippen molar-refractivity contribution >= 4 is 38.2 Å². The zero-order valence-corrected chi connectivity index (χ0v) is 25.6. The second-order valence-corrected chi connectivity index (χ2v) is 12.9. The van der Waals surface area contributed by atoms with Gasteiger partial charge in [-0.2, -0.15) is 0 Å². The number of hydrogen-bond donors (Lipinski definition) is 2. The van der Waals surface area contributed by atoms with E-state index in [4.69, 9.17) is 5.73 Å². The molecule has 0 bridgehead atoms. The lowest BCUT2D eigenvalue weighted by molar-refractivity contribution is 0.0473. The third kappa shape index (κ3) is 6.13. The molecule has 1 aliphatic heterocycles. The van der Waals surface area contributed by atoms with E-state index in [0.29, 0.717) is 47.5 Å². The number of nitrogen functional groups attached to an aromatic ring is 1. The van der Waals surface area contributed by atoms with Crippen molar-refractivity contribution < 1.29 is 26.4 Å². The summed E-state index contributed by atoms with van der Waals surface area (Å²) in [7, 11) is -4.09. The van der Waals surface area contributed by atoms with Crippen LogP contribution in [0.15, 0.2) is 96.0 Å². The predicted octanol–water partition coefficient (Wildman–Crippen LogP) is 6.05. The number of sulfonamides is 1. The van der Waals surface area contributed by atoms with Gasteiger partial charge in [0.1, 0.15) is 0 Å². The van der Waals surface area contributed by atoms with Crippen molar-refractivity contribution in [2.75, 3.05) is 30.1 Å². The van der Waals surface area contributed by atoms with E-state index in [-0.39, 0.29) is 34.6 Å². The van der Waals surface area contributed by atoms with Crippen LogP contribution in [0.5, 0.6) is 0 Å². The Morgan fingerprint density at radius 1 is 0.935 bits per heavy atom. The number of amides is 1. The predicted molar refractivity (Wildman–Crippen MR) is 171 cm³/mol. The molecule has 1 amide bonds. The number of carbonyl (C=O) groups is 1. The Morgan fingerprint density at radius 2 is 1.70 bits per heavy atom. The van der Waals surface area contributed by atoms with Crippen molar-refractivity contribution in [3.63, 3.8) is 0 Å². The van der Waals surface area contributed by atoms with Crippen LogP contribution in [-0.4, -0.2) is 54.8 Å². The summed E-state index contributed by atoms with van der Waals surface area (Å²) in [5.41, 5.74) is 8.81. The lowest BCUT2D eigenvalue weighted by Crippen LogP contribution is -2.53. The highest BCUT2D eigenvalue weighted by Crippen LogP contribution is 2.34. The fourth-order valence-corrected chi connectivity index (χ4v) is 7.04. The van der Waals surface area contributed by atoms with Gasteiger partial charge in [-0.05, 0) is 61.5 Å². The number of carbonyl (C=O) groups excluding carboxylic acids is 1. The Kier molecular flexibility index (Phi) is 8.41. The average molecular weight is 646 g/mol. The standard InChI is InChI=1S/C34H30F3N5O3S/c1-21-19-41(20-24-9-13-29(35)32(37)31(24)36)16-17-42(21)34(43)23-7-11-26(12-8-23)40-46(44,45)30-14-10-25(38)18-28(30)27-6-2-4-22-5-3-15-39-33(22)27/h2-15,18,21,40H,16-17,19-20,38H2,1H3/t21-/m0/s1.